The molecule has 2 unspecified atom stereocenters. The second kappa shape index (κ2) is 8.86. The average molecular weight is 352 g/mol. The van der Waals surface area contributed by atoms with Crippen LogP contribution in [0.25, 0.3) is 0 Å². The number of rotatable bonds is 7. The van der Waals surface area contributed by atoms with Crippen LogP contribution in [0.2, 0.25) is 0 Å². The van der Waals surface area contributed by atoms with Gasteiger partial charge in [0.05, 0.1) is 13.2 Å². The Kier molecular flexibility index (Phi) is 6.29. The molecule has 0 bridgehead atoms. The summed E-state index contributed by atoms with van der Waals surface area (Å²) >= 11 is 0. The van der Waals surface area contributed by atoms with Crippen LogP contribution in [0.15, 0.2) is 54.6 Å². The summed E-state index contributed by atoms with van der Waals surface area (Å²) in [6, 6.07) is 18.5. The van der Waals surface area contributed by atoms with E-state index in [2.05, 4.69) is 40.5 Å². The van der Waals surface area contributed by atoms with Crippen molar-refractivity contribution in [2.45, 2.75) is 31.7 Å². The molecule has 2 aromatic carbocycles. The van der Waals surface area contributed by atoms with Gasteiger partial charge in [0.25, 0.3) is 0 Å². The van der Waals surface area contributed by atoms with Crippen LogP contribution in [0.4, 0.5) is 0 Å². The van der Waals surface area contributed by atoms with Gasteiger partial charge in [0, 0.05) is 13.1 Å². The van der Waals surface area contributed by atoms with Gasteiger partial charge in [-0.3, -0.25) is 9.69 Å². The zero-order valence-electron chi connectivity index (χ0n) is 15.7. The lowest BCUT2D eigenvalue weighted by Crippen LogP contribution is -2.44. The van der Waals surface area contributed by atoms with Crippen molar-refractivity contribution in [3.8, 4) is 5.75 Å². The number of nitrogens with zero attached hydrogens (tertiary/aromatic N) is 1. The fraction of sp³-hybridized carbons (Fsp3) is 0.409. The van der Waals surface area contributed by atoms with Crippen LogP contribution in [0, 0.1) is 0 Å². The molecule has 0 radical (unpaired) electrons. The molecular weight excluding hydrogens is 324 g/mol. The molecule has 2 atom stereocenters. The summed E-state index contributed by atoms with van der Waals surface area (Å²) in [5, 5.41) is 3.08. The molecule has 0 aliphatic carbocycles. The van der Waals surface area contributed by atoms with Gasteiger partial charge in [-0.05, 0) is 55.5 Å². The average Bonchev–Trinajstić information content (AvgIpc) is 3.18. The Labute approximate surface area is 156 Å². The van der Waals surface area contributed by atoms with Crippen molar-refractivity contribution < 1.29 is 9.53 Å². The molecule has 0 aromatic heterocycles. The van der Waals surface area contributed by atoms with Crippen LogP contribution in [-0.4, -0.2) is 43.6 Å². The number of likely N-dealkylation sites (tertiary alicyclic amines) is 1. The monoisotopic (exact) mass is 352 g/mol. The number of nitrogens with one attached hydrogen (secondary N) is 1. The highest BCUT2D eigenvalue weighted by Crippen LogP contribution is 2.28. The molecule has 4 nitrogen and oxygen atoms in total. The van der Waals surface area contributed by atoms with Crippen molar-refractivity contribution >= 4 is 5.91 Å². The minimum Gasteiger partial charge on any atom is -0.497 e. The fourth-order valence-corrected chi connectivity index (χ4v) is 3.57. The summed E-state index contributed by atoms with van der Waals surface area (Å²) in [6.45, 7) is 4.60. The molecule has 26 heavy (non-hydrogen) atoms. The molecule has 1 aliphatic heterocycles. The van der Waals surface area contributed by atoms with Gasteiger partial charge in [-0.2, -0.15) is 0 Å². The van der Waals surface area contributed by atoms with E-state index in [1.165, 1.54) is 11.1 Å². The number of carbonyl (C=O) groups is 1. The number of hydrogen-bond donors (Lipinski definition) is 1. The van der Waals surface area contributed by atoms with Gasteiger partial charge >= 0.3 is 0 Å². The van der Waals surface area contributed by atoms with Gasteiger partial charge in [-0.1, -0.05) is 42.5 Å². The van der Waals surface area contributed by atoms with Gasteiger partial charge in [0.2, 0.25) is 5.91 Å². The standard InChI is InChI=1S/C22H28N2O2/c1-17(24-15-13-20(16-24)19-6-4-3-5-7-19)22(25)23-14-12-18-8-10-21(26-2)11-9-18/h3-11,17,20H,12-16H2,1-2H3,(H,23,25). The second-order valence-corrected chi connectivity index (χ2v) is 6.96. The van der Waals surface area contributed by atoms with Crippen LogP contribution in [-0.2, 0) is 11.2 Å². The fourth-order valence-electron chi connectivity index (χ4n) is 3.57. The molecule has 1 fully saturated rings. The lowest BCUT2D eigenvalue weighted by atomic mass is 9.99. The van der Waals surface area contributed by atoms with Crippen LogP contribution in [0.5, 0.6) is 5.75 Å². The van der Waals surface area contributed by atoms with E-state index in [0.29, 0.717) is 12.5 Å². The van der Waals surface area contributed by atoms with Crippen molar-refractivity contribution in [2.24, 2.45) is 0 Å². The van der Waals surface area contributed by atoms with Gasteiger partial charge < -0.3 is 10.1 Å². The molecule has 0 spiro atoms. The van der Waals surface area contributed by atoms with E-state index in [0.717, 1.165) is 31.7 Å². The number of methoxy groups -OCH3 is 1. The van der Waals surface area contributed by atoms with Crippen molar-refractivity contribution in [1.82, 2.24) is 10.2 Å². The lowest BCUT2D eigenvalue weighted by molar-refractivity contribution is -0.125. The summed E-state index contributed by atoms with van der Waals surface area (Å²) in [5.41, 5.74) is 2.58. The van der Waals surface area contributed by atoms with E-state index in [1.54, 1.807) is 7.11 Å². The molecule has 1 amide bonds. The number of carbonyl (C=O) groups excluding carboxylic acids is 1. The highest BCUT2D eigenvalue weighted by atomic mass is 16.5. The van der Waals surface area contributed by atoms with E-state index >= 15 is 0 Å². The second-order valence-electron chi connectivity index (χ2n) is 6.96. The van der Waals surface area contributed by atoms with E-state index in [-0.39, 0.29) is 11.9 Å². The van der Waals surface area contributed by atoms with Gasteiger partial charge in [-0.25, -0.2) is 0 Å². The zero-order chi connectivity index (χ0) is 18.4. The van der Waals surface area contributed by atoms with Crippen molar-refractivity contribution in [1.29, 1.82) is 0 Å². The van der Waals surface area contributed by atoms with Crippen LogP contribution < -0.4 is 10.1 Å². The number of hydrogen-bond acceptors (Lipinski definition) is 3. The third kappa shape index (κ3) is 4.64. The summed E-state index contributed by atoms with van der Waals surface area (Å²) in [5.74, 6) is 1.51. The Bertz CT molecular complexity index is 700. The maximum atomic E-state index is 12.5. The van der Waals surface area contributed by atoms with Crippen molar-refractivity contribution in [3.05, 3.63) is 65.7 Å². The van der Waals surface area contributed by atoms with E-state index in [1.807, 2.05) is 31.2 Å². The minimum absolute atomic E-state index is 0.0837. The van der Waals surface area contributed by atoms with Gasteiger partial charge in [0.15, 0.2) is 0 Å². The highest BCUT2D eigenvalue weighted by Gasteiger charge is 2.30. The smallest absolute Gasteiger partial charge is 0.237 e. The third-order valence-corrected chi connectivity index (χ3v) is 5.29. The molecule has 1 N–H and O–H groups in total. The molecule has 4 heteroatoms. The van der Waals surface area contributed by atoms with Crippen molar-refractivity contribution in [3.63, 3.8) is 0 Å². The first kappa shape index (κ1) is 18.5. The Morgan fingerprint density at radius 2 is 1.92 bits per heavy atom. The molecule has 3 rings (SSSR count). The number of amides is 1. The first-order chi connectivity index (χ1) is 12.7. The molecule has 1 aliphatic rings. The molecule has 138 valence electrons. The van der Waals surface area contributed by atoms with E-state index in [9.17, 15) is 4.79 Å². The highest BCUT2D eigenvalue weighted by molar-refractivity contribution is 5.81. The molecule has 1 heterocycles. The predicted octanol–water partition coefficient (Wildman–Crippen LogP) is 3.23. The third-order valence-electron chi connectivity index (χ3n) is 5.29. The van der Waals surface area contributed by atoms with Crippen LogP contribution in [0.1, 0.15) is 30.4 Å². The SMILES string of the molecule is COc1ccc(CCNC(=O)C(C)N2CCC(c3ccccc3)C2)cc1. The summed E-state index contributed by atoms with van der Waals surface area (Å²) in [6.07, 6.45) is 1.95. The molecule has 0 saturated carbocycles. The Morgan fingerprint density at radius 1 is 1.19 bits per heavy atom. The molecule has 1 saturated heterocycles. The molecule has 2 aromatic rings. The maximum absolute atomic E-state index is 12.5. The Morgan fingerprint density at radius 3 is 2.62 bits per heavy atom. The quantitative estimate of drug-likeness (QED) is 0.832. The van der Waals surface area contributed by atoms with E-state index in [4.69, 9.17) is 4.74 Å². The van der Waals surface area contributed by atoms with Crippen molar-refractivity contribution in [2.75, 3.05) is 26.7 Å². The van der Waals surface area contributed by atoms with Gasteiger partial charge in [0.1, 0.15) is 5.75 Å². The normalized spacial score (nSPS) is 18.5. The largest absolute Gasteiger partial charge is 0.497 e. The maximum Gasteiger partial charge on any atom is 0.237 e. The predicted molar refractivity (Wildman–Crippen MR) is 105 cm³/mol. The molecular formula is C22H28N2O2. The first-order valence-electron chi connectivity index (χ1n) is 9.37. The van der Waals surface area contributed by atoms with Crippen LogP contribution in [0.3, 0.4) is 0 Å². The summed E-state index contributed by atoms with van der Waals surface area (Å²) < 4.78 is 5.17. The summed E-state index contributed by atoms with van der Waals surface area (Å²) in [4.78, 5) is 14.8. The summed E-state index contributed by atoms with van der Waals surface area (Å²) in [7, 11) is 1.66. The zero-order valence-corrected chi connectivity index (χ0v) is 15.7. The first-order valence-corrected chi connectivity index (χ1v) is 9.37. The van der Waals surface area contributed by atoms with Crippen LogP contribution >= 0.6 is 0 Å². The Hall–Kier alpha value is -2.33. The number of ether oxygens (including phenoxy) is 1. The number of benzene rings is 2. The minimum atomic E-state index is -0.0837. The van der Waals surface area contributed by atoms with E-state index < -0.39 is 0 Å². The van der Waals surface area contributed by atoms with Gasteiger partial charge in [-0.15, -0.1) is 0 Å². The Balaban J connectivity index is 1.44. The topological polar surface area (TPSA) is 41.6 Å². The lowest BCUT2D eigenvalue weighted by Gasteiger charge is -2.23.